The molecule has 0 bridgehead atoms. The van der Waals surface area contributed by atoms with Gasteiger partial charge in [0.1, 0.15) is 17.3 Å². The summed E-state index contributed by atoms with van der Waals surface area (Å²) >= 11 is 0. The second-order valence-corrected chi connectivity index (χ2v) is 4.04. The Balaban J connectivity index is 2.80. The Morgan fingerprint density at radius 1 is 1.65 bits per heavy atom. The SMILES string of the molecule is CCc1c(C(=O)N(C)OC)nc2c(C#N)c[nH]n2c1=O. The van der Waals surface area contributed by atoms with Crippen LogP contribution in [-0.2, 0) is 11.3 Å². The maximum atomic E-state index is 12.3. The molecule has 0 aliphatic heterocycles. The summed E-state index contributed by atoms with van der Waals surface area (Å²) in [5.41, 5.74) is 0.189. The molecule has 2 rings (SSSR count). The number of fused-ring (bicyclic) bond motifs is 1. The number of nitrogens with zero attached hydrogens (tertiary/aromatic N) is 4. The van der Waals surface area contributed by atoms with E-state index in [4.69, 9.17) is 10.1 Å². The number of carbonyl (C=O) groups excluding carboxylic acids is 1. The number of nitriles is 1. The molecule has 0 fully saturated rings. The summed E-state index contributed by atoms with van der Waals surface area (Å²) in [5, 5.41) is 12.6. The highest BCUT2D eigenvalue weighted by molar-refractivity contribution is 5.93. The molecule has 0 saturated carbocycles. The van der Waals surface area contributed by atoms with Gasteiger partial charge < -0.3 is 0 Å². The van der Waals surface area contributed by atoms with Gasteiger partial charge in [-0.2, -0.15) is 5.26 Å². The summed E-state index contributed by atoms with van der Waals surface area (Å²) in [6.45, 7) is 1.75. The van der Waals surface area contributed by atoms with E-state index in [1.54, 1.807) is 6.92 Å². The van der Waals surface area contributed by atoms with Gasteiger partial charge >= 0.3 is 0 Å². The molecule has 8 nitrogen and oxygen atoms in total. The van der Waals surface area contributed by atoms with Gasteiger partial charge in [0.25, 0.3) is 11.5 Å². The van der Waals surface area contributed by atoms with Gasteiger partial charge in [0.2, 0.25) is 0 Å². The van der Waals surface area contributed by atoms with Crippen LogP contribution in [-0.4, -0.2) is 39.7 Å². The van der Waals surface area contributed by atoms with Crippen LogP contribution < -0.4 is 5.56 Å². The molecule has 0 spiro atoms. The third-order valence-electron chi connectivity index (χ3n) is 2.99. The highest BCUT2D eigenvalue weighted by Crippen LogP contribution is 2.11. The molecule has 0 radical (unpaired) electrons. The van der Waals surface area contributed by atoms with E-state index in [9.17, 15) is 9.59 Å². The van der Waals surface area contributed by atoms with Crippen molar-refractivity contribution in [1.82, 2.24) is 19.7 Å². The zero-order chi connectivity index (χ0) is 14.9. The fourth-order valence-electron chi connectivity index (χ4n) is 1.86. The van der Waals surface area contributed by atoms with E-state index in [-0.39, 0.29) is 22.5 Å². The summed E-state index contributed by atoms with van der Waals surface area (Å²) in [6.07, 6.45) is 1.71. The minimum absolute atomic E-state index is 0.00190. The monoisotopic (exact) mass is 275 g/mol. The van der Waals surface area contributed by atoms with Crippen molar-refractivity contribution < 1.29 is 9.63 Å². The van der Waals surface area contributed by atoms with Crippen molar-refractivity contribution >= 4 is 11.6 Å². The lowest BCUT2D eigenvalue weighted by Gasteiger charge is -2.14. The van der Waals surface area contributed by atoms with Crippen molar-refractivity contribution in [2.75, 3.05) is 14.2 Å². The largest absolute Gasteiger partial charge is 0.296 e. The van der Waals surface area contributed by atoms with Gasteiger partial charge in [0.05, 0.1) is 12.7 Å². The molecule has 2 aromatic heterocycles. The van der Waals surface area contributed by atoms with E-state index in [0.29, 0.717) is 6.42 Å². The van der Waals surface area contributed by atoms with Crippen LogP contribution in [0.5, 0.6) is 0 Å². The minimum atomic E-state index is -0.533. The maximum absolute atomic E-state index is 12.3. The Bertz CT molecular complexity index is 768. The van der Waals surface area contributed by atoms with Crippen LogP contribution in [0.4, 0.5) is 0 Å². The minimum Gasteiger partial charge on any atom is -0.295 e. The average Bonchev–Trinajstić information content (AvgIpc) is 2.88. The molecule has 104 valence electrons. The first-order valence-electron chi connectivity index (χ1n) is 5.90. The molecule has 1 N–H and O–H groups in total. The molecular formula is C12H13N5O3. The highest BCUT2D eigenvalue weighted by atomic mass is 16.7. The second-order valence-electron chi connectivity index (χ2n) is 4.04. The average molecular weight is 275 g/mol. The van der Waals surface area contributed by atoms with Gasteiger partial charge in [-0.1, -0.05) is 6.92 Å². The van der Waals surface area contributed by atoms with Crippen LogP contribution in [0.1, 0.15) is 28.5 Å². The number of aromatic nitrogens is 3. The molecule has 0 aliphatic carbocycles. The third kappa shape index (κ3) is 1.94. The smallest absolute Gasteiger partial charge is 0.295 e. The predicted octanol–water partition coefficient (Wildman–Crippen LogP) is 0.0901. The van der Waals surface area contributed by atoms with E-state index in [1.165, 1.54) is 20.4 Å². The Kier molecular flexibility index (Phi) is 3.54. The zero-order valence-electron chi connectivity index (χ0n) is 11.3. The molecule has 0 aliphatic rings. The standard InChI is InChI=1S/C12H13N5O3/c1-4-8-9(12(19)16(2)20-3)15-10-7(5-13)6-14-17(10)11(8)18/h6,14H,4H2,1-3H3. The van der Waals surface area contributed by atoms with Crippen molar-refractivity contribution in [2.24, 2.45) is 0 Å². The van der Waals surface area contributed by atoms with Crippen LogP contribution in [0, 0.1) is 11.3 Å². The lowest BCUT2D eigenvalue weighted by molar-refractivity contribution is -0.0761. The topological polar surface area (TPSA) is 103 Å². The first-order valence-corrected chi connectivity index (χ1v) is 5.90. The van der Waals surface area contributed by atoms with Crippen molar-refractivity contribution in [3.63, 3.8) is 0 Å². The molecule has 2 aromatic rings. The van der Waals surface area contributed by atoms with Crippen molar-refractivity contribution in [3.05, 3.63) is 33.4 Å². The van der Waals surface area contributed by atoms with Crippen LogP contribution in [0.3, 0.4) is 0 Å². The molecule has 0 saturated heterocycles. The Morgan fingerprint density at radius 2 is 2.35 bits per heavy atom. The van der Waals surface area contributed by atoms with E-state index < -0.39 is 11.5 Å². The quantitative estimate of drug-likeness (QED) is 0.799. The van der Waals surface area contributed by atoms with Crippen LogP contribution in [0.15, 0.2) is 11.0 Å². The number of hydroxylamine groups is 2. The summed E-state index contributed by atoms with van der Waals surface area (Å²) in [4.78, 5) is 33.4. The van der Waals surface area contributed by atoms with Crippen molar-refractivity contribution in [3.8, 4) is 6.07 Å². The van der Waals surface area contributed by atoms with E-state index in [1.807, 2.05) is 6.07 Å². The Hall–Kier alpha value is -2.66. The fourth-order valence-corrected chi connectivity index (χ4v) is 1.86. The Labute approximate surface area is 114 Å². The lowest BCUT2D eigenvalue weighted by atomic mass is 10.1. The number of carbonyl (C=O) groups is 1. The number of rotatable bonds is 3. The first kappa shape index (κ1) is 13.8. The maximum Gasteiger partial charge on any atom is 0.296 e. The molecule has 1 amide bonds. The molecule has 8 heteroatoms. The summed E-state index contributed by atoms with van der Waals surface area (Å²) in [5.74, 6) is -0.533. The van der Waals surface area contributed by atoms with Gasteiger partial charge in [-0.05, 0) is 6.42 Å². The summed E-state index contributed by atoms with van der Waals surface area (Å²) < 4.78 is 1.15. The number of nitrogens with one attached hydrogen (secondary N) is 1. The molecule has 0 unspecified atom stereocenters. The molecule has 2 heterocycles. The molecular weight excluding hydrogens is 262 g/mol. The number of amides is 1. The van der Waals surface area contributed by atoms with E-state index in [0.717, 1.165) is 9.58 Å². The summed E-state index contributed by atoms with van der Waals surface area (Å²) in [6, 6.07) is 1.91. The number of aromatic amines is 1. The highest BCUT2D eigenvalue weighted by Gasteiger charge is 2.22. The predicted molar refractivity (Wildman–Crippen MR) is 69.0 cm³/mol. The van der Waals surface area contributed by atoms with Gasteiger partial charge in [0, 0.05) is 13.2 Å². The Morgan fingerprint density at radius 3 is 2.90 bits per heavy atom. The molecule has 0 aromatic carbocycles. The number of hydrogen-bond acceptors (Lipinski definition) is 5. The second kappa shape index (κ2) is 5.14. The van der Waals surface area contributed by atoms with Gasteiger partial charge in [-0.3, -0.25) is 19.5 Å². The zero-order valence-corrected chi connectivity index (χ0v) is 11.3. The van der Waals surface area contributed by atoms with Crippen LogP contribution in [0.2, 0.25) is 0 Å². The number of H-pyrrole nitrogens is 1. The summed E-state index contributed by atoms with van der Waals surface area (Å²) in [7, 11) is 2.76. The lowest BCUT2D eigenvalue weighted by Crippen LogP contribution is -2.32. The van der Waals surface area contributed by atoms with Gasteiger partial charge in [-0.15, -0.1) is 0 Å². The van der Waals surface area contributed by atoms with Gasteiger partial charge in [-0.25, -0.2) is 14.6 Å². The normalized spacial score (nSPS) is 10.5. The molecule has 0 atom stereocenters. The third-order valence-corrected chi connectivity index (χ3v) is 2.99. The van der Waals surface area contributed by atoms with Gasteiger partial charge in [0.15, 0.2) is 5.65 Å². The van der Waals surface area contributed by atoms with Crippen LogP contribution >= 0.6 is 0 Å². The van der Waals surface area contributed by atoms with Crippen molar-refractivity contribution in [1.29, 1.82) is 5.26 Å². The fraction of sp³-hybridized carbons (Fsp3) is 0.333. The van der Waals surface area contributed by atoms with E-state index in [2.05, 4.69) is 10.1 Å². The van der Waals surface area contributed by atoms with Crippen molar-refractivity contribution in [2.45, 2.75) is 13.3 Å². The first-order chi connectivity index (χ1) is 9.54. The molecule has 20 heavy (non-hydrogen) atoms. The van der Waals surface area contributed by atoms with Crippen LogP contribution in [0.25, 0.3) is 5.65 Å². The van der Waals surface area contributed by atoms with E-state index >= 15 is 0 Å². The number of hydrogen-bond donors (Lipinski definition) is 1.